The second kappa shape index (κ2) is 5.35. The Hall–Kier alpha value is 0.670. The van der Waals surface area contributed by atoms with Gasteiger partial charge in [0, 0.05) is 0 Å². The van der Waals surface area contributed by atoms with E-state index in [4.69, 9.17) is 0 Å². The van der Waals surface area contributed by atoms with Gasteiger partial charge in [-0.05, 0) is 0 Å². The summed E-state index contributed by atoms with van der Waals surface area (Å²) in [4.78, 5) is 7.89. The van der Waals surface area contributed by atoms with Crippen LogP contribution >= 0.6 is 0 Å². The van der Waals surface area contributed by atoms with E-state index in [1.807, 2.05) is 0 Å². The van der Waals surface area contributed by atoms with Gasteiger partial charge in [-0.25, -0.2) is 0 Å². The summed E-state index contributed by atoms with van der Waals surface area (Å²) >= 11 is 0.179. The topological polar surface area (TPSA) is 9.72 Å². The van der Waals surface area contributed by atoms with Crippen molar-refractivity contribution >= 4 is 21.2 Å². The van der Waals surface area contributed by atoms with Crippen LogP contribution in [0.4, 0.5) is 0 Å². The van der Waals surface area contributed by atoms with Crippen molar-refractivity contribution in [1.82, 2.24) is 13.0 Å². The Morgan fingerprint density at radius 3 is 2.00 bits per heavy atom. The van der Waals surface area contributed by atoms with E-state index in [0.717, 1.165) is 18.1 Å². The van der Waals surface area contributed by atoms with Gasteiger partial charge in [0.05, 0.1) is 0 Å². The molecule has 98 valence electrons. The summed E-state index contributed by atoms with van der Waals surface area (Å²) in [5.74, 6) is 0. The molecule has 3 aliphatic rings. The van der Waals surface area contributed by atoms with Gasteiger partial charge in [0.15, 0.2) is 0 Å². The predicted molar refractivity (Wildman–Crippen MR) is 72.4 cm³/mol. The van der Waals surface area contributed by atoms with Crippen LogP contribution in [0.25, 0.3) is 0 Å². The number of nitrogens with zero attached hydrogens (tertiary/aromatic N) is 3. The van der Waals surface area contributed by atoms with Gasteiger partial charge in [0.2, 0.25) is 0 Å². The number of likely N-dealkylation sites (tertiary alicyclic amines) is 1. The van der Waals surface area contributed by atoms with Crippen LogP contribution in [0, 0.1) is 0 Å². The van der Waals surface area contributed by atoms with E-state index in [2.05, 4.69) is 25.0 Å². The number of fused-ring (bicyclic) bond motifs is 2. The van der Waals surface area contributed by atoms with Crippen molar-refractivity contribution in [3.05, 3.63) is 0 Å². The first-order valence-corrected chi connectivity index (χ1v) is 10.4. The van der Waals surface area contributed by atoms with Crippen LogP contribution in [-0.2, 0) is 0 Å². The van der Waals surface area contributed by atoms with Crippen molar-refractivity contribution in [1.29, 1.82) is 0 Å². The third-order valence-electron chi connectivity index (χ3n) is 5.07. The molecule has 0 radical (unpaired) electrons. The van der Waals surface area contributed by atoms with Crippen LogP contribution in [0.1, 0.15) is 25.7 Å². The number of rotatable bonds is 2. The van der Waals surface area contributed by atoms with E-state index < -0.39 is 0 Å². The van der Waals surface area contributed by atoms with Crippen molar-refractivity contribution in [3.63, 3.8) is 0 Å². The molecule has 0 aromatic heterocycles. The molecule has 0 aliphatic carbocycles. The normalized spacial score (nSPS) is 37.8. The van der Waals surface area contributed by atoms with E-state index in [0.29, 0.717) is 0 Å². The Labute approximate surface area is 116 Å². The molecule has 2 unspecified atom stereocenters. The molecule has 2 bridgehead atoms. The molecule has 0 N–H and O–H groups in total. The van der Waals surface area contributed by atoms with Crippen LogP contribution in [-0.4, -0.2) is 85.5 Å². The van der Waals surface area contributed by atoms with E-state index in [-0.39, 0.29) is 21.2 Å². The molecule has 3 rings (SSSR count). The summed E-state index contributed by atoms with van der Waals surface area (Å²) in [6, 6.07) is 2.64. The van der Waals surface area contributed by atoms with Crippen molar-refractivity contribution in [2.24, 2.45) is 0 Å². The van der Waals surface area contributed by atoms with E-state index in [9.17, 15) is 0 Å². The zero-order valence-electron chi connectivity index (χ0n) is 11.1. The van der Waals surface area contributed by atoms with E-state index in [1.54, 1.807) is 0 Å². The van der Waals surface area contributed by atoms with Crippen LogP contribution in [0.15, 0.2) is 0 Å². The first-order chi connectivity index (χ1) is 8.28. The Morgan fingerprint density at radius 1 is 0.882 bits per heavy atom. The molecule has 3 aliphatic heterocycles. The Bertz CT molecular complexity index is 251. The molecule has 17 heavy (non-hydrogen) atoms. The molecule has 3 nitrogen and oxygen atoms in total. The monoisotopic (exact) mass is 353 g/mol. The molecule has 2 atom stereocenters. The average Bonchev–Trinajstić information content (AvgIpc) is 2.61. The van der Waals surface area contributed by atoms with Crippen LogP contribution in [0.3, 0.4) is 0 Å². The van der Waals surface area contributed by atoms with Crippen molar-refractivity contribution < 1.29 is 0 Å². The molecule has 0 aromatic rings. The van der Waals surface area contributed by atoms with Crippen molar-refractivity contribution in [3.8, 4) is 0 Å². The quantitative estimate of drug-likeness (QED) is 0.685. The number of hydrogen-bond donors (Lipinski definition) is 0. The molecule has 4 heteroatoms. The minimum atomic E-state index is 0.179. The number of likely N-dealkylation sites (N-methyl/N-ethyl adjacent to an activating group) is 1. The first kappa shape index (κ1) is 12.7. The standard InChI is InChI=1S/C13H25N3Te/c1-14-12-3-4-13(14)10-15(9-12)11-5-7-16(17-2)8-6-11/h11-13H,3-10H2,1-2H3. The summed E-state index contributed by atoms with van der Waals surface area (Å²) in [5.41, 5.74) is 0. The van der Waals surface area contributed by atoms with Crippen molar-refractivity contribution in [2.75, 3.05) is 33.2 Å². The second-order valence-corrected chi connectivity index (χ2v) is 8.36. The molecule has 3 fully saturated rings. The van der Waals surface area contributed by atoms with Gasteiger partial charge in [-0.15, -0.1) is 0 Å². The molecular formula is C13H25N3Te. The molecule has 0 aromatic carbocycles. The predicted octanol–water partition coefficient (Wildman–Crippen LogP) is 0.896. The fourth-order valence-corrected chi connectivity index (χ4v) is 5.48. The molecule has 0 saturated carbocycles. The van der Waals surface area contributed by atoms with E-state index in [1.165, 1.54) is 51.9 Å². The van der Waals surface area contributed by atoms with Crippen LogP contribution in [0.2, 0.25) is 4.97 Å². The maximum atomic E-state index is 2.83. The third kappa shape index (κ3) is 2.53. The summed E-state index contributed by atoms with van der Waals surface area (Å²) in [5, 5.41) is 0. The average molecular weight is 351 g/mol. The second-order valence-electron chi connectivity index (χ2n) is 5.85. The zero-order valence-corrected chi connectivity index (χ0v) is 13.5. The number of piperidine rings is 1. The van der Waals surface area contributed by atoms with Crippen molar-refractivity contribution in [2.45, 2.75) is 48.8 Å². The summed E-state index contributed by atoms with van der Waals surface area (Å²) in [6.07, 6.45) is 5.75. The number of piperazine rings is 1. The maximum absolute atomic E-state index is 2.83. The third-order valence-corrected chi connectivity index (χ3v) is 7.59. The molecule has 3 heterocycles. The first-order valence-electron chi connectivity index (χ1n) is 7.03. The van der Waals surface area contributed by atoms with E-state index >= 15 is 0 Å². The minimum absolute atomic E-state index is 0.179. The van der Waals surface area contributed by atoms with Gasteiger partial charge in [-0.1, -0.05) is 0 Å². The SMILES string of the molecule is C[Te]N1CCC(N2CC3CCC(C2)N3C)CC1. The van der Waals surface area contributed by atoms with Crippen LogP contribution < -0.4 is 0 Å². The zero-order chi connectivity index (χ0) is 11.8. The summed E-state index contributed by atoms with van der Waals surface area (Å²) < 4.78 is 2.73. The van der Waals surface area contributed by atoms with Gasteiger partial charge in [-0.2, -0.15) is 0 Å². The van der Waals surface area contributed by atoms with Gasteiger partial charge in [0.25, 0.3) is 0 Å². The molecular weight excluding hydrogens is 326 g/mol. The molecule has 0 amide bonds. The fourth-order valence-electron chi connectivity index (χ4n) is 3.83. The Morgan fingerprint density at radius 2 is 1.47 bits per heavy atom. The fraction of sp³-hybridized carbons (Fsp3) is 1.00. The molecule has 3 saturated heterocycles. The number of hydrogen-bond acceptors (Lipinski definition) is 3. The van der Waals surface area contributed by atoms with Gasteiger partial charge >= 0.3 is 116 Å². The van der Waals surface area contributed by atoms with Crippen LogP contribution in [0.5, 0.6) is 0 Å². The van der Waals surface area contributed by atoms with Gasteiger partial charge in [-0.3, -0.25) is 0 Å². The summed E-state index contributed by atoms with van der Waals surface area (Å²) in [6.45, 7) is 5.46. The Balaban J connectivity index is 1.56. The molecule has 0 spiro atoms. The van der Waals surface area contributed by atoms with Gasteiger partial charge in [0.1, 0.15) is 0 Å². The summed E-state index contributed by atoms with van der Waals surface area (Å²) in [7, 11) is 2.34. The Kier molecular flexibility index (Phi) is 3.99. The van der Waals surface area contributed by atoms with Gasteiger partial charge < -0.3 is 0 Å².